The number of likely N-dealkylation sites (N-methyl/N-ethyl adjacent to an activating group) is 1. The van der Waals surface area contributed by atoms with Gasteiger partial charge in [0.05, 0.1) is 0 Å². The predicted octanol–water partition coefficient (Wildman–Crippen LogP) is 1.94. The minimum atomic E-state index is -2.33. The molecule has 16 heavy (non-hydrogen) atoms. The van der Waals surface area contributed by atoms with Gasteiger partial charge in [-0.25, -0.2) is 8.78 Å². The van der Waals surface area contributed by atoms with Crippen LogP contribution in [0, 0.1) is 23.3 Å². The molecule has 1 fully saturated rings. The molecule has 0 saturated carbocycles. The molecule has 0 unspecified atom stereocenters. The Balaban J connectivity index is 2.10. The summed E-state index contributed by atoms with van der Waals surface area (Å²) in [6.45, 7) is -2.54. The van der Waals surface area contributed by atoms with E-state index in [1.54, 1.807) is 0 Å². The fourth-order valence-corrected chi connectivity index (χ4v) is 1.33. The van der Waals surface area contributed by atoms with Crippen LogP contribution in [0.5, 0.6) is 5.75 Å². The molecule has 0 aromatic heterocycles. The predicted molar refractivity (Wildman–Crippen MR) is 48.2 cm³/mol. The summed E-state index contributed by atoms with van der Waals surface area (Å²) in [4.78, 5) is 1.03. The summed E-state index contributed by atoms with van der Waals surface area (Å²) in [5, 5.41) is 0. The van der Waals surface area contributed by atoms with Gasteiger partial charge >= 0.3 is 0 Å². The summed E-state index contributed by atoms with van der Waals surface area (Å²) >= 11 is 0. The molecular formula is C10H9F4NO. The number of ether oxygens (including phenoxy) is 1. The summed E-state index contributed by atoms with van der Waals surface area (Å²) in [7, 11) is 0. The molecule has 6 heteroatoms. The van der Waals surface area contributed by atoms with E-state index in [1.807, 2.05) is 0 Å². The second-order valence-electron chi connectivity index (χ2n) is 3.44. The molecule has 0 bridgehead atoms. The topological polar surface area (TPSA) is 12.5 Å². The van der Waals surface area contributed by atoms with Gasteiger partial charge in [-0.3, -0.25) is 4.90 Å². The quantitative estimate of drug-likeness (QED) is 0.576. The lowest BCUT2D eigenvalue weighted by Gasteiger charge is -2.36. The second kappa shape index (κ2) is 3.93. The van der Waals surface area contributed by atoms with Gasteiger partial charge in [-0.15, -0.1) is 0 Å². The minimum Gasteiger partial charge on any atom is -0.481 e. The average molecular weight is 238 g/mol. The zero-order chi connectivity index (χ0) is 14.4. The number of hydrogen-bond acceptors (Lipinski definition) is 2. The molecule has 1 saturated heterocycles. The van der Waals surface area contributed by atoms with Gasteiger partial charge in [-0.05, 0) is 6.98 Å². The van der Waals surface area contributed by atoms with Crippen molar-refractivity contribution in [1.82, 2.24) is 4.90 Å². The Morgan fingerprint density at radius 1 is 1.25 bits per heavy atom. The number of hydrogen-bond donors (Lipinski definition) is 0. The molecule has 2 rings (SSSR count). The first kappa shape index (κ1) is 7.89. The van der Waals surface area contributed by atoms with Crippen molar-refractivity contribution in [3.05, 3.63) is 29.3 Å². The summed E-state index contributed by atoms with van der Waals surface area (Å²) in [5.41, 5.74) is 0. The van der Waals surface area contributed by atoms with Crippen molar-refractivity contribution in [2.45, 2.75) is 6.10 Å². The fourth-order valence-electron chi connectivity index (χ4n) is 1.33. The monoisotopic (exact) mass is 238 g/mol. The molecular weight excluding hydrogens is 226 g/mol. The molecule has 0 amide bonds. The third-order valence-electron chi connectivity index (χ3n) is 2.20. The van der Waals surface area contributed by atoms with Crippen molar-refractivity contribution in [3.63, 3.8) is 0 Å². The minimum absolute atomic E-state index is 0.0764. The van der Waals surface area contributed by atoms with Crippen LogP contribution in [0.2, 0.25) is 0 Å². The van der Waals surface area contributed by atoms with E-state index in [0.29, 0.717) is 0 Å². The van der Waals surface area contributed by atoms with Crippen molar-refractivity contribution in [2.24, 2.45) is 0 Å². The zero-order valence-corrected chi connectivity index (χ0v) is 7.94. The van der Waals surface area contributed by atoms with Crippen molar-refractivity contribution >= 4 is 0 Å². The van der Waals surface area contributed by atoms with E-state index in [9.17, 15) is 17.6 Å². The summed E-state index contributed by atoms with van der Waals surface area (Å²) in [6, 6.07) is 0.0764. The van der Waals surface area contributed by atoms with Gasteiger partial charge in [0.15, 0.2) is 17.4 Å². The van der Waals surface area contributed by atoms with Crippen LogP contribution in [0.3, 0.4) is 0 Å². The van der Waals surface area contributed by atoms with Gasteiger partial charge in [-0.2, -0.15) is 8.78 Å². The fraction of sp³-hybridized carbons (Fsp3) is 0.400. The average Bonchev–Trinajstić information content (AvgIpc) is 2.22. The Hall–Kier alpha value is -1.30. The maximum absolute atomic E-state index is 13.3. The normalized spacial score (nSPS) is 20.9. The smallest absolute Gasteiger partial charge is 0.203 e. The Labute approximate surface area is 93.6 Å². The third-order valence-corrected chi connectivity index (χ3v) is 2.20. The van der Waals surface area contributed by atoms with Gasteiger partial charge < -0.3 is 4.74 Å². The van der Waals surface area contributed by atoms with E-state index < -0.39 is 42.1 Å². The van der Waals surface area contributed by atoms with Crippen molar-refractivity contribution in [2.75, 3.05) is 20.1 Å². The number of halogens is 4. The Morgan fingerprint density at radius 3 is 2.31 bits per heavy atom. The lowest BCUT2D eigenvalue weighted by atomic mass is 10.2. The molecule has 1 aliphatic rings. The van der Waals surface area contributed by atoms with Crippen molar-refractivity contribution in [3.8, 4) is 5.75 Å². The summed E-state index contributed by atoms with van der Waals surface area (Å²) in [6.07, 6.45) is -0.828. The molecule has 1 heterocycles. The van der Waals surface area contributed by atoms with Crippen LogP contribution in [0.4, 0.5) is 17.6 Å². The molecule has 1 aromatic carbocycles. The second-order valence-corrected chi connectivity index (χ2v) is 3.44. The molecule has 0 atom stereocenters. The molecule has 0 spiro atoms. The Kier molecular flexibility index (Phi) is 1.94. The van der Waals surface area contributed by atoms with E-state index in [0.717, 1.165) is 4.90 Å². The number of rotatable bonds is 2. The van der Waals surface area contributed by atoms with Crippen LogP contribution in [0.1, 0.15) is 4.11 Å². The molecule has 0 aliphatic carbocycles. The van der Waals surface area contributed by atoms with E-state index in [4.69, 9.17) is 8.85 Å². The molecule has 1 aliphatic heterocycles. The van der Waals surface area contributed by atoms with Gasteiger partial charge in [0.1, 0.15) is 6.10 Å². The van der Waals surface area contributed by atoms with Gasteiger partial charge in [0.25, 0.3) is 0 Å². The maximum atomic E-state index is 13.3. The SMILES string of the molecule is [2H]C([2H])([2H])N1CC(Oc2c(F)c(F)cc(F)c2F)C1. The lowest BCUT2D eigenvalue weighted by Crippen LogP contribution is -2.51. The summed E-state index contributed by atoms with van der Waals surface area (Å²) in [5.74, 6) is -7.56. The lowest BCUT2D eigenvalue weighted by molar-refractivity contribution is 0.0320. The van der Waals surface area contributed by atoms with E-state index in [2.05, 4.69) is 0 Å². The first-order valence-corrected chi connectivity index (χ1v) is 4.45. The van der Waals surface area contributed by atoms with Crippen LogP contribution in [-0.2, 0) is 0 Å². The van der Waals surface area contributed by atoms with Crippen LogP contribution in [0.15, 0.2) is 6.07 Å². The highest BCUT2D eigenvalue weighted by Crippen LogP contribution is 2.28. The Bertz CT molecular complexity index is 476. The molecule has 0 radical (unpaired) electrons. The molecule has 2 nitrogen and oxygen atoms in total. The standard InChI is InChI=1S/C10H9F4NO/c1-15-3-5(4-15)16-10-8(13)6(11)2-7(12)9(10)14/h2,5H,3-4H2,1H3/i1D3. The molecule has 0 N–H and O–H groups in total. The first-order valence-electron chi connectivity index (χ1n) is 5.95. The van der Waals surface area contributed by atoms with E-state index in [1.165, 1.54) is 0 Å². The largest absolute Gasteiger partial charge is 0.481 e. The van der Waals surface area contributed by atoms with E-state index >= 15 is 0 Å². The zero-order valence-electron chi connectivity index (χ0n) is 10.9. The number of nitrogens with zero attached hydrogens (tertiary/aromatic N) is 1. The van der Waals surface area contributed by atoms with Crippen LogP contribution in [-0.4, -0.2) is 31.1 Å². The highest BCUT2D eigenvalue weighted by Gasteiger charge is 2.29. The first-order chi connectivity index (χ1) is 8.70. The highest BCUT2D eigenvalue weighted by atomic mass is 19.2. The van der Waals surface area contributed by atoms with Crippen LogP contribution >= 0.6 is 0 Å². The van der Waals surface area contributed by atoms with Crippen LogP contribution < -0.4 is 4.74 Å². The number of likely N-dealkylation sites (tertiary alicyclic amines) is 1. The maximum Gasteiger partial charge on any atom is 0.203 e. The van der Waals surface area contributed by atoms with Crippen molar-refractivity contribution < 1.29 is 26.4 Å². The van der Waals surface area contributed by atoms with Gasteiger partial charge in [0, 0.05) is 23.3 Å². The summed E-state index contributed by atoms with van der Waals surface area (Å²) < 4.78 is 78.2. The van der Waals surface area contributed by atoms with Gasteiger partial charge in [0.2, 0.25) is 11.6 Å². The van der Waals surface area contributed by atoms with E-state index in [-0.39, 0.29) is 19.2 Å². The molecule has 88 valence electrons. The highest BCUT2D eigenvalue weighted by molar-refractivity contribution is 5.29. The third kappa shape index (κ3) is 1.84. The van der Waals surface area contributed by atoms with Gasteiger partial charge in [-0.1, -0.05) is 0 Å². The Morgan fingerprint density at radius 2 is 1.81 bits per heavy atom. The molecule has 1 aromatic rings. The van der Waals surface area contributed by atoms with Crippen LogP contribution in [0.25, 0.3) is 0 Å². The van der Waals surface area contributed by atoms with Crippen molar-refractivity contribution in [1.29, 1.82) is 0 Å². The number of benzene rings is 1.